The maximum Gasteiger partial charge on any atom is 0.126 e. The van der Waals surface area contributed by atoms with Crippen LogP contribution in [0.15, 0.2) is 156 Å². The molecule has 1 atom stereocenters. The summed E-state index contributed by atoms with van der Waals surface area (Å²) in [6.45, 7) is 4.86. The maximum absolute atomic E-state index is 6.39. The Morgan fingerprint density at radius 2 is 1.80 bits per heavy atom. The van der Waals surface area contributed by atoms with Crippen molar-refractivity contribution in [1.29, 1.82) is 0 Å². The van der Waals surface area contributed by atoms with Crippen LogP contribution < -0.4 is 10.5 Å². The first-order valence-electron chi connectivity index (χ1n) is 15.9. The first kappa shape index (κ1) is 29.4. The minimum Gasteiger partial charge on any atom is -0.496 e. The second kappa shape index (κ2) is 12.6. The van der Waals surface area contributed by atoms with Gasteiger partial charge in [0.05, 0.1) is 18.1 Å². The third-order valence-electron chi connectivity index (χ3n) is 9.25. The summed E-state index contributed by atoms with van der Waals surface area (Å²) in [5, 5.41) is 2.49. The topological polar surface area (TPSA) is 40.2 Å². The number of nitrogens with zero attached hydrogens (tertiary/aromatic N) is 1. The zero-order valence-electron chi connectivity index (χ0n) is 26.6. The van der Waals surface area contributed by atoms with E-state index in [-0.39, 0.29) is 5.92 Å². The maximum atomic E-state index is 6.39. The van der Waals surface area contributed by atoms with Crippen LogP contribution in [0.5, 0.6) is 5.75 Å². The van der Waals surface area contributed by atoms with Crippen LogP contribution in [0, 0.1) is 0 Å². The molecule has 0 fully saturated rings. The van der Waals surface area contributed by atoms with Gasteiger partial charge in [0.15, 0.2) is 0 Å². The molecule has 0 saturated heterocycles. The van der Waals surface area contributed by atoms with Gasteiger partial charge in [0.2, 0.25) is 0 Å². The number of allylic oxidation sites excluding steroid dienone is 15. The van der Waals surface area contributed by atoms with Crippen molar-refractivity contribution in [1.82, 2.24) is 4.57 Å². The molecule has 46 heavy (non-hydrogen) atoms. The molecular weight excluding hydrogens is 560 g/mol. The van der Waals surface area contributed by atoms with Gasteiger partial charge in [-0.2, -0.15) is 0 Å². The summed E-state index contributed by atoms with van der Waals surface area (Å²) in [6, 6.07) is 21.7. The van der Waals surface area contributed by atoms with Crippen molar-refractivity contribution in [2.75, 3.05) is 13.7 Å². The smallest absolute Gasteiger partial charge is 0.126 e. The first-order chi connectivity index (χ1) is 22.6. The van der Waals surface area contributed by atoms with Crippen molar-refractivity contribution < 1.29 is 4.74 Å². The Bertz CT molecular complexity index is 2200. The fourth-order valence-electron chi connectivity index (χ4n) is 7.04. The molecule has 1 heterocycles. The molecule has 7 rings (SSSR count). The summed E-state index contributed by atoms with van der Waals surface area (Å²) in [6.07, 6.45) is 26.8. The van der Waals surface area contributed by atoms with Crippen molar-refractivity contribution in [2.45, 2.75) is 26.2 Å². The average molecular weight is 599 g/mol. The van der Waals surface area contributed by atoms with E-state index >= 15 is 0 Å². The van der Waals surface area contributed by atoms with Gasteiger partial charge in [-0.05, 0) is 90.1 Å². The molecule has 1 unspecified atom stereocenters. The van der Waals surface area contributed by atoms with Crippen LogP contribution in [0.2, 0.25) is 0 Å². The second-order valence-electron chi connectivity index (χ2n) is 11.9. The van der Waals surface area contributed by atoms with Crippen LogP contribution >= 0.6 is 0 Å². The van der Waals surface area contributed by atoms with E-state index in [1.165, 1.54) is 49.7 Å². The minimum atomic E-state index is 0.0623. The summed E-state index contributed by atoms with van der Waals surface area (Å²) in [5.41, 5.74) is 22.8. The Hall–Kier alpha value is -5.34. The van der Waals surface area contributed by atoms with Gasteiger partial charge in [-0.15, -0.1) is 5.73 Å². The van der Waals surface area contributed by atoms with E-state index in [1.807, 2.05) is 12.2 Å². The lowest BCUT2D eigenvalue weighted by atomic mass is 9.79. The van der Waals surface area contributed by atoms with E-state index in [4.69, 9.17) is 10.5 Å². The molecule has 3 aliphatic rings. The number of rotatable bonds is 8. The lowest BCUT2D eigenvalue weighted by Crippen LogP contribution is -2.13. The molecule has 0 radical (unpaired) electrons. The fourth-order valence-corrected chi connectivity index (χ4v) is 7.04. The van der Waals surface area contributed by atoms with Crippen molar-refractivity contribution in [3.63, 3.8) is 0 Å². The van der Waals surface area contributed by atoms with E-state index < -0.39 is 0 Å². The molecule has 226 valence electrons. The van der Waals surface area contributed by atoms with E-state index in [2.05, 4.69) is 146 Å². The molecule has 0 aliphatic heterocycles. The van der Waals surface area contributed by atoms with E-state index in [9.17, 15) is 0 Å². The van der Waals surface area contributed by atoms with Crippen LogP contribution in [0.1, 0.15) is 42.9 Å². The van der Waals surface area contributed by atoms with Gasteiger partial charge in [-0.1, -0.05) is 97.1 Å². The van der Waals surface area contributed by atoms with Gasteiger partial charge in [0.1, 0.15) is 5.75 Å². The fraction of sp³-hybridized carbons (Fsp3) is 0.140. The molecule has 0 bridgehead atoms. The number of aromatic nitrogens is 1. The summed E-state index contributed by atoms with van der Waals surface area (Å²) in [7, 11) is 1.75. The third kappa shape index (κ3) is 5.20. The number of hydrogen-bond donors (Lipinski definition) is 1. The van der Waals surface area contributed by atoms with E-state index in [0.717, 1.165) is 34.6 Å². The van der Waals surface area contributed by atoms with Gasteiger partial charge in [-0.25, -0.2) is 0 Å². The van der Waals surface area contributed by atoms with Crippen molar-refractivity contribution in [3.05, 3.63) is 173 Å². The summed E-state index contributed by atoms with van der Waals surface area (Å²) < 4.78 is 8.36. The minimum absolute atomic E-state index is 0.0623. The molecule has 4 aromatic rings. The molecule has 3 heteroatoms. The van der Waals surface area contributed by atoms with Crippen LogP contribution in [-0.4, -0.2) is 18.2 Å². The summed E-state index contributed by atoms with van der Waals surface area (Å²) >= 11 is 0. The van der Waals surface area contributed by atoms with Crippen molar-refractivity contribution >= 4 is 38.6 Å². The number of ether oxygens (including phenoxy) is 1. The lowest BCUT2D eigenvalue weighted by Gasteiger charge is -2.26. The van der Waals surface area contributed by atoms with Crippen LogP contribution in [0.4, 0.5) is 0 Å². The third-order valence-corrected chi connectivity index (χ3v) is 9.25. The highest BCUT2D eigenvalue weighted by atomic mass is 16.5. The molecule has 3 aromatic carbocycles. The predicted molar refractivity (Wildman–Crippen MR) is 196 cm³/mol. The number of hydrogen-bond acceptors (Lipinski definition) is 2. The highest BCUT2D eigenvalue weighted by Crippen LogP contribution is 2.42. The van der Waals surface area contributed by atoms with Crippen LogP contribution in [0.3, 0.4) is 0 Å². The zero-order valence-corrected chi connectivity index (χ0v) is 26.6. The Morgan fingerprint density at radius 3 is 2.59 bits per heavy atom. The number of methoxy groups -OCH3 is 1. The van der Waals surface area contributed by atoms with Crippen LogP contribution in [-0.2, 0) is 0 Å². The first-order valence-corrected chi connectivity index (χ1v) is 15.9. The normalized spacial score (nSPS) is 18.7. The molecule has 3 aliphatic carbocycles. The number of benzene rings is 3. The van der Waals surface area contributed by atoms with Gasteiger partial charge in [0.25, 0.3) is 0 Å². The van der Waals surface area contributed by atoms with Gasteiger partial charge >= 0.3 is 0 Å². The molecular formula is C43H38N2O. The number of nitrogens with two attached hydrogens (primary N) is 1. The highest BCUT2D eigenvalue weighted by molar-refractivity contribution is 6.10. The van der Waals surface area contributed by atoms with Gasteiger partial charge < -0.3 is 15.0 Å². The molecule has 0 spiro atoms. The molecule has 0 saturated carbocycles. The largest absolute Gasteiger partial charge is 0.496 e. The van der Waals surface area contributed by atoms with Gasteiger partial charge in [-0.3, -0.25) is 0 Å². The summed E-state index contributed by atoms with van der Waals surface area (Å²) in [5.74, 6) is 0.926. The van der Waals surface area contributed by atoms with Gasteiger partial charge in [0, 0.05) is 40.1 Å². The average Bonchev–Trinajstić information content (AvgIpc) is 3.89. The molecule has 1 aromatic heterocycles. The number of fused-ring (bicyclic) bond motifs is 3. The monoisotopic (exact) mass is 598 g/mol. The Morgan fingerprint density at radius 1 is 0.935 bits per heavy atom. The molecule has 0 amide bonds. The molecule has 2 N–H and O–H groups in total. The highest BCUT2D eigenvalue weighted by Gasteiger charge is 2.24. The standard InChI is InChI=1S/C43H38N2O/c1-29(43-38(20-12-22-42(43)46-3)34-17-8-9-18-35(34)39(28-44)32-15-6-7-16-32)23-24-30(2)45-40-21-11-10-19-36(40)37-26-25-33(27-41(37)45)31-13-4-5-14-31/h4-13,15,17-27,34H,16,28,44H2,1-3H3/b29-23+,30-24+,39-35+. The second-order valence-corrected chi connectivity index (χ2v) is 11.9. The van der Waals surface area contributed by atoms with Crippen molar-refractivity contribution in [2.24, 2.45) is 5.73 Å². The lowest BCUT2D eigenvalue weighted by molar-refractivity contribution is 0.413. The Kier molecular flexibility index (Phi) is 8.03. The zero-order chi connectivity index (χ0) is 31.6. The Balaban J connectivity index is 1.34. The van der Waals surface area contributed by atoms with Crippen molar-refractivity contribution in [3.8, 4) is 5.75 Å². The predicted octanol–water partition coefficient (Wildman–Crippen LogP) is 10.2. The quantitative estimate of drug-likeness (QED) is 0.162. The SMILES string of the molecule is COc1cccc(C2C=CC=C/C2=C(/CN)C2=CC=CC2)c1/C(C)=C/C=C(\C)n1c2ccccc2c2ccc(C3=C=CC=C3)cc21. The number of para-hydroxylation sites is 1. The van der Waals surface area contributed by atoms with E-state index in [1.54, 1.807) is 7.11 Å². The van der Waals surface area contributed by atoms with E-state index in [0.29, 0.717) is 6.54 Å². The van der Waals surface area contributed by atoms with Crippen LogP contribution in [0.25, 0.3) is 38.6 Å². The molecule has 3 nitrogen and oxygen atoms in total. The summed E-state index contributed by atoms with van der Waals surface area (Å²) in [4.78, 5) is 0. The Labute approximate surface area is 271 Å².